The van der Waals surface area contributed by atoms with E-state index in [4.69, 9.17) is 9.47 Å². The van der Waals surface area contributed by atoms with Gasteiger partial charge in [0.2, 0.25) is 0 Å². The first-order valence-corrected chi connectivity index (χ1v) is 9.14. The van der Waals surface area contributed by atoms with Crippen LogP contribution in [0.3, 0.4) is 0 Å². The van der Waals surface area contributed by atoms with E-state index in [9.17, 15) is 4.79 Å². The number of para-hydroxylation sites is 2. The van der Waals surface area contributed by atoms with Crippen LogP contribution >= 0.6 is 11.3 Å². The summed E-state index contributed by atoms with van der Waals surface area (Å²) in [5, 5.41) is 10.7. The lowest BCUT2D eigenvalue weighted by molar-refractivity contribution is -0.145. The van der Waals surface area contributed by atoms with E-state index in [1.54, 1.807) is 7.11 Å². The van der Waals surface area contributed by atoms with Crippen LogP contribution in [0.2, 0.25) is 0 Å². The van der Waals surface area contributed by atoms with Gasteiger partial charge in [-0.2, -0.15) is 0 Å². The summed E-state index contributed by atoms with van der Waals surface area (Å²) < 4.78 is 12.2. The average molecular weight is 380 g/mol. The summed E-state index contributed by atoms with van der Waals surface area (Å²) in [6, 6.07) is 15.1. The Labute approximate surface area is 159 Å². The van der Waals surface area contributed by atoms with Crippen molar-refractivity contribution in [2.24, 2.45) is 0 Å². The van der Waals surface area contributed by atoms with E-state index in [0.717, 1.165) is 27.4 Å². The topological polar surface area (TPSA) is 79.1 Å². The first-order chi connectivity index (χ1) is 13.2. The van der Waals surface area contributed by atoms with Crippen molar-refractivity contribution in [3.05, 3.63) is 59.6 Å². The molecule has 0 atom stereocenters. The van der Waals surface area contributed by atoms with Gasteiger partial charge in [-0.25, -0.2) is 9.67 Å². The molecule has 0 aliphatic heterocycles. The Morgan fingerprint density at radius 2 is 1.96 bits per heavy atom. The van der Waals surface area contributed by atoms with Gasteiger partial charge in [0.05, 0.1) is 23.9 Å². The van der Waals surface area contributed by atoms with Gasteiger partial charge in [0.25, 0.3) is 0 Å². The van der Waals surface area contributed by atoms with E-state index in [-0.39, 0.29) is 13.2 Å². The van der Waals surface area contributed by atoms with E-state index in [0.29, 0.717) is 5.69 Å². The van der Waals surface area contributed by atoms with Crippen molar-refractivity contribution in [1.82, 2.24) is 20.0 Å². The van der Waals surface area contributed by atoms with E-state index in [2.05, 4.69) is 15.3 Å². The molecule has 27 heavy (non-hydrogen) atoms. The molecule has 2 aromatic heterocycles. The minimum Gasteiger partial charge on any atom is -0.496 e. The Bertz CT molecular complexity index is 1090. The van der Waals surface area contributed by atoms with Crippen molar-refractivity contribution in [3.63, 3.8) is 0 Å². The predicted molar refractivity (Wildman–Crippen MR) is 101 cm³/mol. The molecule has 2 heterocycles. The van der Waals surface area contributed by atoms with E-state index in [1.165, 1.54) is 16.0 Å². The second-order valence-corrected chi connectivity index (χ2v) is 6.60. The van der Waals surface area contributed by atoms with Gasteiger partial charge in [0, 0.05) is 5.38 Å². The normalized spacial score (nSPS) is 10.9. The monoisotopic (exact) mass is 380 g/mol. The fourth-order valence-corrected chi connectivity index (χ4v) is 3.51. The highest BCUT2D eigenvalue weighted by molar-refractivity contribution is 7.13. The Morgan fingerprint density at radius 1 is 1.15 bits per heavy atom. The average Bonchev–Trinajstić information content (AvgIpc) is 3.34. The molecule has 4 aromatic rings. The molecule has 0 unspecified atom stereocenters. The van der Waals surface area contributed by atoms with Crippen LogP contribution in [0, 0.1) is 0 Å². The molecule has 0 radical (unpaired) electrons. The van der Waals surface area contributed by atoms with Crippen LogP contribution in [-0.2, 0) is 22.7 Å². The van der Waals surface area contributed by atoms with Gasteiger partial charge in [-0.05, 0) is 24.3 Å². The molecule has 7 nitrogen and oxygen atoms in total. The molecule has 0 fully saturated rings. The third kappa shape index (κ3) is 3.65. The number of carbonyl (C=O) groups excluding carboxylic acids is 1. The SMILES string of the molecule is COc1ccccc1-c1nc(COC(=O)Cn2nnc3ccccc32)cs1. The quantitative estimate of drug-likeness (QED) is 0.478. The summed E-state index contributed by atoms with van der Waals surface area (Å²) in [6.45, 7) is 0.112. The highest BCUT2D eigenvalue weighted by atomic mass is 32.1. The molecular weight excluding hydrogens is 364 g/mol. The fourth-order valence-electron chi connectivity index (χ4n) is 2.67. The lowest BCUT2D eigenvalue weighted by Gasteiger charge is -2.05. The molecule has 0 bridgehead atoms. The Morgan fingerprint density at radius 3 is 2.85 bits per heavy atom. The van der Waals surface area contributed by atoms with Crippen molar-refractivity contribution < 1.29 is 14.3 Å². The molecule has 0 spiro atoms. The van der Waals surface area contributed by atoms with E-state index < -0.39 is 5.97 Å². The fraction of sp³-hybridized carbons (Fsp3) is 0.158. The zero-order valence-corrected chi connectivity index (χ0v) is 15.3. The zero-order chi connectivity index (χ0) is 18.6. The van der Waals surface area contributed by atoms with Crippen molar-refractivity contribution in [2.45, 2.75) is 13.2 Å². The number of nitrogens with zero attached hydrogens (tertiary/aromatic N) is 4. The number of ether oxygens (including phenoxy) is 2. The van der Waals surface area contributed by atoms with Crippen LogP contribution in [0.4, 0.5) is 0 Å². The zero-order valence-electron chi connectivity index (χ0n) is 14.5. The van der Waals surface area contributed by atoms with Gasteiger partial charge >= 0.3 is 5.97 Å². The van der Waals surface area contributed by atoms with Gasteiger partial charge in [-0.3, -0.25) is 4.79 Å². The molecule has 0 saturated heterocycles. The van der Waals surface area contributed by atoms with Crippen molar-refractivity contribution >= 4 is 28.3 Å². The number of esters is 1. The molecule has 0 saturated carbocycles. The second kappa shape index (κ2) is 7.55. The molecule has 2 aromatic carbocycles. The Kier molecular flexibility index (Phi) is 4.80. The number of methoxy groups -OCH3 is 1. The summed E-state index contributed by atoms with van der Waals surface area (Å²) in [5.74, 6) is 0.367. The highest BCUT2D eigenvalue weighted by Crippen LogP contribution is 2.31. The number of aromatic nitrogens is 4. The smallest absolute Gasteiger partial charge is 0.328 e. The van der Waals surface area contributed by atoms with Crippen LogP contribution < -0.4 is 4.74 Å². The summed E-state index contributed by atoms with van der Waals surface area (Å²) in [7, 11) is 1.63. The number of hydrogen-bond donors (Lipinski definition) is 0. The largest absolute Gasteiger partial charge is 0.496 e. The van der Waals surface area contributed by atoms with Gasteiger partial charge < -0.3 is 9.47 Å². The van der Waals surface area contributed by atoms with Crippen molar-refractivity contribution in [3.8, 4) is 16.3 Å². The van der Waals surface area contributed by atoms with Gasteiger partial charge in [-0.1, -0.05) is 29.5 Å². The van der Waals surface area contributed by atoms with Crippen molar-refractivity contribution in [2.75, 3.05) is 7.11 Å². The van der Waals surface area contributed by atoms with Gasteiger partial charge in [-0.15, -0.1) is 16.4 Å². The standard InChI is InChI=1S/C19H16N4O3S/c1-25-17-9-5-2-6-14(17)19-20-13(12-27-19)11-26-18(24)10-23-16-8-4-3-7-15(16)21-22-23/h2-9,12H,10-11H2,1H3. The summed E-state index contributed by atoms with van der Waals surface area (Å²) >= 11 is 1.48. The molecule has 4 rings (SSSR count). The number of rotatable bonds is 6. The first-order valence-electron chi connectivity index (χ1n) is 8.26. The van der Waals surface area contributed by atoms with Crippen molar-refractivity contribution in [1.29, 1.82) is 0 Å². The van der Waals surface area contributed by atoms with Gasteiger partial charge in [0.15, 0.2) is 0 Å². The van der Waals surface area contributed by atoms with E-state index in [1.807, 2.05) is 53.9 Å². The molecule has 0 aliphatic rings. The molecule has 136 valence electrons. The first kappa shape index (κ1) is 17.2. The van der Waals surface area contributed by atoms with Crippen LogP contribution in [0.25, 0.3) is 21.6 Å². The van der Waals surface area contributed by atoms with Crippen LogP contribution in [0.5, 0.6) is 5.75 Å². The third-order valence-electron chi connectivity index (χ3n) is 3.97. The molecule has 8 heteroatoms. The summed E-state index contributed by atoms with van der Waals surface area (Å²) in [4.78, 5) is 16.7. The highest BCUT2D eigenvalue weighted by Gasteiger charge is 2.13. The summed E-state index contributed by atoms with van der Waals surface area (Å²) in [5.41, 5.74) is 3.14. The Hall–Kier alpha value is -3.26. The second-order valence-electron chi connectivity index (χ2n) is 5.74. The lowest BCUT2D eigenvalue weighted by atomic mass is 10.2. The van der Waals surface area contributed by atoms with Gasteiger partial charge in [0.1, 0.15) is 29.4 Å². The molecule has 0 aliphatic carbocycles. The molecule has 0 N–H and O–H groups in total. The summed E-state index contributed by atoms with van der Waals surface area (Å²) in [6.07, 6.45) is 0. The maximum absolute atomic E-state index is 12.1. The lowest BCUT2D eigenvalue weighted by Crippen LogP contribution is -2.14. The maximum atomic E-state index is 12.1. The molecule has 0 amide bonds. The number of carbonyl (C=O) groups is 1. The number of hydrogen-bond acceptors (Lipinski definition) is 7. The van der Waals surface area contributed by atoms with Crippen LogP contribution in [-0.4, -0.2) is 33.1 Å². The minimum absolute atomic E-state index is 0.00398. The van der Waals surface area contributed by atoms with Crippen LogP contribution in [0.15, 0.2) is 53.9 Å². The molecular formula is C19H16N4O3S. The predicted octanol–water partition coefficient (Wildman–Crippen LogP) is 3.31. The minimum atomic E-state index is -0.391. The number of benzene rings is 2. The van der Waals surface area contributed by atoms with Crippen LogP contribution in [0.1, 0.15) is 5.69 Å². The Balaban J connectivity index is 1.40. The number of thiazole rings is 1. The number of fused-ring (bicyclic) bond motifs is 1. The third-order valence-corrected chi connectivity index (χ3v) is 4.89. The maximum Gasteiger partial charge on any atom is 0.328 e. The van der Waals surface area contributed by atoms with E-state index >= 15 is 0 Å².